The first-order valence-electron chi connectivity index (χ1n) is 2.90. The smallest absolute Gasteiger partial charge is 0.421 e. The van der Waals surface area contributed by atoms with E-state index in [2.05, 4.69) is 5.43 Å². The second-order valence-electron chi connectivity index (χ2n) is 2.77. The molecule has 0 aliphatic carbocycles. The minimum atomic E-state index is -0.588. The highest BCUT2D eigenvalue weighted by Gasteiger charge is 2.14. The predicted octanol–water partition coefficient (Wildman–Crippen LogP) is 0.0992. The van der Waals surface area contributed by atoms with Crippen molar-refractivity contribution < 1.29 is 9.53 Å². The van der Waals surface area contributed by atoms with Gasteiger partial charge in [-0.1, -0.05) is 0 Å². The van der Waals surface area contributed by atoms with Gasteiger partial charge in [0.25, 0.3) is 0 Å². The molecular weight excluding hydrogens is 131 g/mol. The first-order chi connectivity index (χ1) is 4.45. The third-order valence-electron chi connectivity index (χ3n) is 0.573. The summed E-state index contributed by atoms with van der Waals surface area (Å²) in [5, 5.41) is 1.97. The zero-order valence-electron chi connectivity index (χ0n) is 6.39. The highest BCUT2D eigenvalue weighted by atomic mass is 16.6. The van der Waals surface area contributed by atoms with Crippen molar-refractivity contribution >= 4 is 14.1 Å². The van der Waals surface area contributed by atoms with Gasteiger partial charge in [0, 0.05) is 0 Å². The van der Waals surface area contributed by atoms with Gasteiger partial charge in [0.15, 0.2) is 0 Å². The van der Waals surface area contributed by atoms with Crippen LogP contribution in [0.3, 0.4) is 0 Å². The molecule has 10 heavy (non-hydrogen) atoms. The maximum atomic E-state index is 10.6. The van der Waals surface area contributed by atoms with Crippen LogP contribution in [0.5, 0.6) is 0 Å². The molecule has 0 heterocycles. The molecule has 0 spiro atoms. The van der Waals surface area contributed by atoms with E-state index in [0.717, 1.165) is 0 Å². The lowest BCUT2D eigenvalue weighted by Gasteiger charge is -2.19. The Morgan fingerprint density at radius 1 is 1.50 bits per heavy atom. The van der Waals surface area contributed by atoms with Crippen LogP contribution in [0.15, 0.2) is 0 Å². The number of ether oxygens (including phenoxy) is 1. The number of hydrogen-bond acceptors (Lipinski definition) is 3. The molecule has 0 saturated heterocycles. The van der Waals surface area contributed by atoms with Crippen molar-refractivity contribution in [2.24, 2.45) is 0 Å². The molecule has 4 nitrogen and oxygen atoms in total. The van der Waals surface area contributed by atoms with Crippen molar-refractivity contribution in [1.82, 2.24) is 10.8 Å². The first-order valence-corrected chi connectivity index (χ1v) is 2.90. The quantitative estimate of drug-likeness (QED) is 0.403. The van der Waals surface area contributed by atoms with Crippen molar-refractivity contribution in [3.8, 4) is 0 Å². The molecular formula is C5H11BN2O2. The molecule has 1 amide bonds. The molecule has 5 heteroatoms. The van der Waals surface area contributed by atoms with Crippen molar-refractivity contribution in [2.75, 3.05) is 0 Å². The van der Waals surface area contributed by atoms with Crippen LogP contribution in [-0.4, -0.2) is 19.7 Å². The summed E-state index contributed by atoms with van der Waals surface area (Å²) in [6.07, 6.45) is -0.588. The fourth-order valence-corrected chi connectivity index (χ4v) is 0.363. The monoisotopic (exact) mass is 142 g/mol. The Hall–Kier alpha value is -0.705. The molecule has 56 valence electrons. The Morgan fingerprint density at radius 3 is 2.30 bits per heavy atom. The van der Waals surface area contributed by atoms with Crippen LogP contribution >= 0.6 is 0 Å². The van der Waals surface area contributed by atoms with Crippen LogP contribution < -0.4 is 10.8 Å². The summed E-state index contributed by atoms with van der Waals surface area (Å²) >= 11 is 0. The van der Waals surface area contributed by atoms with Crippen molar-refractivity contribution in [1.29, 1.82) is 0 Å². The maximum Gasteiger partial charge on any atom is 0.421 e. The van der Waals surface area contributed by atoms with Gasteiger partial charge in [0.05, 0.1) is 0 Å². The van der Waals surface area contributed by atoms with Gasteiger partial charge in [-0.15, -0.1) is 0 Å². The summed E-state index contributed by atoms with van der Waals surface area (Å²) in [4.78, 5) is 10.6. The number of carbonyl (C=O) groups excluding carboxylic acids is 1. The van der Waals surface area contributed by atoms with Crippen LogP contribution in [0.4, 0.5) is 4.79 Å². The Kier molecular flexibility index (Phi) is 3.22. The van der Waals surface area contributed by atoms with Crippen LogP contribution in [0.1, 0.15) is 20.8 Å². The summed E-state index contributed by atoms with van der Waals surface area (Å²) in [5.41, 5.74) is 1.58. The third-order valence-corrected chi connectivity index (χ3v) is 0.573. The van der Waals surface area contributed by atoms with Gasteiger partial charge >= 0.3 is 6.09 Å². The molecule has 0 rings (SSSR count). The number of amides is 1. The minimum absolute atomic E-state index is 0.485. The molecule has 0 aromatic heterocycles. The Balaban J connectivity index is 3.58. The van der Waals surface area contributed by atoms with Gasteiger partial charge in [0.2, 0.25) is 7.98 Å². The van der Waals surface area contributed by atoms with Gasteiger partial charge in [-0.05, 0) is 20.8 Å². The van der Waals surface area contributed by atoms with E-state index in [0.29, 0.717) is 0 Å². The van der Waals surface area contributed by atoms with Crippen LogP contribution in [0.2, 0.25) is 0 Å². The fraction of sp³-hybridized carbons (Fsp3) is 0.800. The van der Waals surface area contributed by atoms with Crippen LogP contribution in [0.25, 0.3) is 0 Å². The lowest BCUT2D eigenvalue weighted by molar-refractivity contribution is 0.0516. The molecule has 0 unspecified atom stereocenters. The fourth-order valence-electron chi connectivity index (χ4n) is 0.363. The normalized spacial score (nSPS) is 10.7. The lowest BCUT2D eigenvalue weighted by atomic mass is 10.2. The summed E-state index contributed by atoms with van der Waals surface area (Å²) < 4.78 is 4.79. The van der Waals surface area contributed by atoms with Crippen molar-refractivity contribution in [3.63, 3.8) is 0 Å². The van der Waals surface area contributed by atoms with E-state index < -0.39 is 11.7 Å². The number of rotatable bonds is 1. The lowest BCUT2D eigenvalue weighted by Crippen LogP contribution is -2.39. The number of hydrazine groups is 1. The van der Waals surface area contributed by atoms with E-state index >= 15 is 0 Å². The van der Waals surface area contributed by atoms with Gasteiger partial charge in [-0.3, -0.25) is 10.8 Å². The SMILES string of the molecule is [B]NNC(=O)OC(C)(C)C. The molecule has 0 bridgehead atoms. The number of nitrogens with one attached hydrogen (secondary N) is 2. The van der Waals surface area contributed by atoms with E-state index in [1.54, 1.807) is 20.8 Å². The molecule has 2 radical (unpaired) electrons. The van der Waals surface area contributed by atoms with E-state index in [1.165, 1.54) is 0 Å². The van der Waals surface area contributed by atoms with Crippen molar-refractivity contribution in [2.45, 2.75) is 26.4 Å². The minimum Gasteiger partial charge on any atom is -0.443 e. The Bertz CT molecular complexity index is 121. The zero-order chi connectivity index (χ0) is 8.20. The topological polar surface area (TPSA) is 50.4 Å². The van der Waals surface area contributed by atoms with Crippen molar-refractivity contribution in [3.05, 3.63) is 0 Å². The van der Waals surface area contributed by atoms with Crippen LogP contribution in [-0.2, 0) is 4.74 Å². The van der Waals surface area contributed by atoms with Gasteiger partial charge in [0.1, 0.15) is 5.60 Å². The average Bonchev–Trinajstić information content (AvgIpc) is 1.59. The summed E-state index contributed by atoms with van der Waals surface area (Å²) in [5.74, 6) is 0. The Morgan fingerprint density at radius 2 is 2.00 bits per heavy atom. The molecule has 0 aliphatic heterocycles. The Labute approximate surface area is 61.7 Å². The molecule has 2 N–H and O–H groups in total. The number of hydrogen-bond donors (Lipinski definition) is 2. The summed E-state index contributed by atoms with van der Waals surface area (Å²) in [7, 11) is 4.79. The molecule has 0 aliphatic rings. The van der Waals surface area contributed by atoms with Gasteiger partial charge in [-0.25, -0.2) is 4.79 Å². The molecule has 0 fully saturated rings. The standard InChI is InChI=1S/C5H11BN2O2/c1-5(2,3)10-4(9)7-8-6/h8H,1-3H3,(H,7,9). The summed E-state index contributed by atoms with van der Waals surface area (Å²) in [6, 6.07) is 0. The second-order valence-corrected chi connectivity index (χ2v) is 2.77. The second kappa shape index (κ2) is 3.46. The number of carbonyl (C=O) groups is 1. The largest absolute Gasteiger partial charge is 0.443 e. The first kappa shape index (κ1) is 9.29. The third kappa shape index (κ3) is 5.43. The average molecular weight is 142 g/mol. The highest BCUT2D eigenvalue weighted by molar-refractivity contribution is 6.04. The predicted molar refractivity (Wildman–Crippen MR) is 38.3 cm³/mol. The molecule has 0 aromatic rings. The van der Waals surface area contributed by atoms with Gasteiger partial charge in [-0.2, -0.15) is 0 Å². The molecule has 0 saturated carbocycles. The summed E-state index contributed by atoms with van der Waals surface area (Å²) in [6.45, 7) is 5.30. The molecule has 0 atom stereocenters. The van der Waals surface area contributed by atoms with Crippen LogP contribution in [0, 0.1) is 0 Å². The van der Waals surface area contributed by atoms with E-state index in [1.807, 2.05) is 5.34 Å². The highest BCUT2D eigenvalue weighted by Crippen LogP contribution is 2.05. The van der Waals surface area contributed by atoms with E-state index in [4.69, 9.17) is 12.7 Å². The maximum absolute atomic E-state index is 10.6. The van der Waals surface area contributed by atoms with Gasteiger partial charge < -0.3 is 4.74 Å². The molecule has 0 aromatic carbocycles. The zero-order valence-corrected chi connectivity index (χ0v) is 6.39. The van der Waals surface area contributed by atoms with E-state index in [9.17, 15) is 4.79 Å². The van der Waals surface area contributed by atoms with E-state index in [-0.39, 0.29) is 0 Å².